The number of likely N-dealkylation sites (tertiary alicyclic amines) is 1. The fourth-order valence-electron chi connectivity index (χ4n) is 3.53. The van der Waals surface area contributed by atoms with E-state index in [4.69, 9.17) is 0 Å². The van der Waals surface area contributed by atoms with Gasteiger partial charge in [-0.2, -0.15) is 0 Å². The molecule has 144 valence electrons. The molecule has 0 aliphatic carbocycles. The summed E-state index contributed by atoms with van der Waals surface area (Å²) in [4.78, 5) is 30.4. The Hall–Kier alpha value is -2.25. The molecule has 2 aromatic rings. The number of aromatic nitrogens is 1. The Morgan fingerprint density at radius 2 is 2.26 bits per heavy atom. The molecule has 0 radical (unpaired) electrons. The van der Waals surface area contributed by atoms with E-state index in [1.807, 2.05) is 12.4 Å². The Morgan fingerprint density at radius 1 is 1.44 bits per heavy atom. The van der Waals surface area contributed by atoms with Gasteiger partial charge in [-0.25, -0.2) is 4.98 Å². The van der Waals surface area contributed by atoms with Crippen LogP contribution in [0.25, 0.3) is 10.4 Å². The number of thiazole rings is 1. The second-order valence-corrected chi connectivity index (χ2v) is 7.78. The summed E-state index contributed by atoms with van der Waals surface area (Å²) < 4.78 is 0. The summed E-state index contributed by atoms with van der Waals surface area (Å²) in [6.45, 7) is 4.77. The van der Waals surface area contributed by atoms with Crippen molar-refractivity contribution in [3.63, 3.8) is 0 Å². The SMILES string of the molecule is CCCc1cc(-c2scnc2C)ccc1CNC(=O)C1CC(O)CN1C=O. The summed E-state index contributed by atoms with van der Waals surface area (Å²) >= 11 is 1.63. The van der Waals surface area contributed by atoms with Crippen LogP contribution in [-0.4, -0.2) is 46.0 Å². The average molecular weight is 388 g/mol. The maximum absolute atomic E-state index is 12.5. The van der Waals surface area contributed by atoms with Gasteiger partial charge in [0, 0.05) is 19.5 Å². The van der Waals surface area contributed by atoms with Crippen molar-refractivity contribution in [1.82, 2.24) is 15.2 Å². The largest absolute Gasteiger partial charge is 0.391 e. The highest BCUT2D eigenvalue weighted by Gasteiger charge is 2.34. The molecule has 1 aromatic heterocycles. The van der Waals surface area contributed by atoms with Crippen LogP contribution in [-0.2, 0) is 22.6 Å². The van der Waals surface area contributed by atoms with E-state index in [1.165, 1.54) is 15.3 Å². The maximum Gasteiger partial charge on any atom is 0.243 e. The van der Waals surface area contributed by atoms with Crippen molar-refractivity contribution in [2.75, 3.05) is 6.54 Å². The molecule has 2 N–H and O–H groups in total. The summed E-state index contributed by atoms with van der Waals surface area (Å²) in [7, 11) is 0. The van der Waals surface area contributed by atoms with Gasteiger partial charge in [-0.05, 0) is 36.1 Å². The third-order valence-corrected chi connectivity index (χ3v) is 5.92. The van der Waals surface area contributed by atoms with E-state index in [1.54, 1.807) is 11.3 Å². The fraction of sp³-hybridized carbons (Fsp3) is 0.450. The topological polar surface area (TPSA) is 82.5 Å². The quantitative estimate of drug-likeness (QED) is 0.714. The molecule has 2 unspecified atom stereocenters. The molecule has 2 amide bonds. The molecular formula is C20H25N3O3S. The van der Waals surface area contributed by atoms with Gasteiger partial charge in [0.1, 0.15) is 6.04 Å². The molecule has 1 fully saturated rings. The van der Waals surface area contributed by atoms with E-state index in [2.05, 4.69) is 35.4 Å². The van der Waals surface area contributed by atoms with Crippen molar-refractivity contribution in [1.29, 1.82) is 0 Å². The standard InChI is InChI=1S/C20H25N3O3S/c1-3-4-14-7-15(19-13(2)22-11-27-19)5-6-16(14)9-21-20(26)18-8-17(25)10-23(18)12-24/h5-7,11-12,17-18,25H,3-4,8-10H2,1-2H3,(H,21,26). The molecule has 1 aliphatic heterocycles. The second kappa shape index (κ2) is 8.63. The minimum Gasteiger partial charge on any atom is -0.391 e. The lowest BCUT2D eigenvalue weighted by molar-refractivity contribution is -0.131. The predicted molar refractivity (Wildman–Crippen MR) is 105 cm³/mol. The lowest BCUT2D eigenvalue weighted by atomic mass is 9.99. The monoisotopic (exact) mass is 387 g/mol. The van der Waals surface area contributed by atoms with Crippen molar-refractivity contribution < 1.29 is 14.7 Å². The number of hydrogen-bond donors (Lipinski definition) is 2. The summed E-state index contributed by atoms with van der Waals surface area (Å²) in [5, 5.41) is 12.6. The van der Waals surface area contributed by atoms with Crippen molar-refractivity contribution in [3.05, 3.63) is 40.5 Å². The number of aliphatic hydroxyl groups is 1. The van der Waals surface area contributed by atoms with E-state index < -0.39 is 12.1 Å². The molecule has 0 saturated carbocycles. The van der Waals surface area contributed by atoms with Gasteiger partial charge in [-0.3, -0.25) is 9.59 Å². The third kappa shape index (κ3) is 4.36. The first-order valence-corrected chi connectivity index (χ1v) is 10.1. The van der Waals surface area contributed by atoms with Crippen LogP contribution in [0, 0.1) is 6.92 Å². The highest BCUT2D eigenvalue weighted by atomic mass is 32.1. The fourth-order valence-corrected chi connectivity index (χ4v) is 4.34. The predicted octanol–water partition coefficient (Wildman–Crippen LogP) is 2.28. The number of benzene rings is 1. The zero-order valence-electron chi connectivity index (χ0n) is 15.6. The first kappa shape index (κ1) is 19.5. The Balaban J connectivity index is 1.73. The molecule has 1 saturated heterocycles. The number of aryl methyl sites for hydroxylation is 2. The Kier molecular flexibility index (Phi) is 6.23. The first-order valence-electron chi connectivity index (χ1n) is 9.22. The van der Waals surface area contributed by atoms with Crippen molar-refractivity contribution in [2.45, 2.75) is 51.8 Å². The average Bonchev–Trinajstić information content (AvgIpc) is 3.25. The number of nitrogens with zero attached hydrogens (tertiary/aromatic N) is 2. The zero-order valence-corrected chi connectivity index (χ0v) is 16.5. The number of aliphatic hydroxyl groups excluding tert-OH is 1. The lowest BCUT2D eigenvalue weighted by Gasteiger charge is -2.19. The van der Waals surface area contributed by atoms with Gasteiger partial charge in [0.15, 0.2) is 0 Å². The summed E-state index contributed by atoms with van der Waals surface area (Å²) in [5.74, 6) is -0.219. The number of hydrogen-bond acceptors (Lipinski definition) is 5. The molecule has 2 heterocycles. The van der Waals surface area contributed by atoms with Crippen LogP contribution in [0.2, 0.25) is 0 Å². The Morgan fingerprint density at radius 3 is 2.93 bits per heavy atom. The van der Waals surface area contributed by atoms with E-state index in [0.29, 0.717) is 13.0 Å². The minimum absolute atomic E-state index is 0.214. The number of carbonyl (C=O) groups excluding carboxylic acids is 2. The molecule has 1 aliphatic rings. The van der Waals surface area contributed by atoms with Gasteiger partial charge in [0.25, 0.3) is 0 Å². The molecule has 6 nitrogen and oxygen atoms in total. The van der Waals surface area contributed by atoms with Gasteiger partial charge in [-0.1, -0.05) is 25.5 Å². The van der Waals surface area contributed by atoms with Crippen molar-refractivity contribution >= 4 is 23.7 Å². The van der Waals surface area contributed by atoms with Crippen LogP contribution in [0.15, 0.2) is 23.7 Å². The van der Waals surface area contributed by atoms with E-state index in [9.17, 15) is 14.7 Å². The van der Waals surface area contributed by atoms with Gasteiger partial charge in [0.05, 0.1) is 22.2 Å². The van der Waals surface area contributed by atoms with Crippen LogP contribution in [0.3, 0.4) is 0 Å². The molecule has 27 heavy (non-hydrogen) atoms. The first-order chi connectivity index (χ1) is 13.0. The van der Waals surface area contributed by atoms with Crippen molar-refractivity contribution in [2.24, 2.45) is 0 Å². The molecule has 0 spiro atoms. The van der Waals surface area contributed by atoms with E-state index in [-0.39, 0.29) is 18.9 Å². The van der Waals surface area contributed by atoms with Crippen LogP contribution < -0.4 is 5.32 Å². The number of β-amino-alcohol motifs (C(OH)–C–C–N with tert-alkyl or cyclic N) is 1. The van der Waals surface area contributed by atoms with Crippen LogP contribution in [0.1, 0.15) is 36.6 Å². The van der Waals surface area contributed by atoms with Crippen LogP contribution >= 0.6 is 11.3 Å². The molecule has 7 heteroatoms. The molecule has 3 rings (SSSR count). The number of rotatable bonds is 7. The summed E-state index contributed by atoms with van der Waals surface area (Å²) in [5.41, 5.74) is 6.32. The van der Waals surface area contributed by atoms with Gasteiger partial charge >= 0.3 is 0 Å². The molecule has 1 aromatic carbocycles. The number of nitrogens with one attached hydrogen (secondary N) is 1. The van der Waals surface area contributed by atoms with Crippen LogP contribution in [0.5, 0.6) is 0 Å². The lowest BCUT2D eigenvalue weighted by Crippen LogP contribution is -2.42. The smallest absolute Gasteiger partial charge is 0.243 e. The Bertz CT molecular complexity index is 821. The second-order valence-electron chi connectivity index (χ2n) is 6.93. The van der Waals surface area contributed by atoms with Gasteiger partial charge in [0.2, 0.25) is 12.3 Å². The van der Waals surface area contributed by atoms with E-state index >= 15 is 0 Å². The van der Waals surface area contributed by atoms with Crippen LogP contribution in [0.4, 0.5) is 0 Å². The molecule has 0 bridgehead atoms. The molecule has 2 atom stereocenters. The highest BCUT2D eigenvalue weighted by Crippen LogP contribution is 2.29. The van der Waals surface area contributed by atoms with Crippen molar-refractivity contribution in [3.8, 4) is 10.4 Å². The van der Waals surface area contributed by atoms with Gasteiger partial charge < -0.3 is 15.3 Å². The third-order valence-electron chi connectivity index (χ3n) is 4.94. The van der Waals surface area contributed by atoms with Gasteiger partial charge in [-0.15, -0.1) is 11.3 Å². The minimum atomic E-state index is -0.636. The normalized spacial score (nSPS) is 19.3. The summed E-state index contributed by atoms with van der Waals surface area (Å²) in [6.07, 6.45) is 2.23. The number of amides is 2. The highest BCUT2D eigenvalue weighted by molar-refractivity contribution is 7.13. The molecular weight excluding hydrogens is 362 g/mol. The summed E-state index contributed by atoms with van der Waals surface area (Å²) in [6, 6.07) is 5.72. The number of carbonyl (C=O) groups is 2. The zero-order chi connectivity index (χ0) is 19.4. The van der Waals surface area contributed by atoms with E-state index in [0.717, 1.165) is 29.7 Å². The maximum atomic E-state index is 12.5. The Labute approximate surface area is 163 Å².